The van der Waals surface area contributed by atoms with Crippen molar-refractivity contribution in [1.82, 2.24) is 15.1 Å². The third-order valence-corrected chi connectivity index (χ3v) is 5.24. The Morgan fingerprint density at radius 2 is 1.93 bits per heavy atom. The largest absolute Gasteiger partial charge is 0.378 e. The Balaban J connectivity index is 1.39. The molecule has 156 valence electrons. The van der Waals surface area contributed by atoms with Gasteiger partial charge in [-0.3, -0.25) is 14.7 Å². The average molecular weight is 407 g/mol. The van der Waals surface area contributed by atoms with Crippen LogP contribution in [0.2, 0.25) is 0 Å². The Labute approximate surface area is 174 Å². The van der Waals surface area contributed by atoms with Crippen molar-refractivity contribution in [1.29, 1.82) is 0 Å². The van der Waals surface area contributed by atoms with Gasteiger partial charge < -0.3 is 19.9 Å². The Morgan fingerprint density at radius 1 is 1.17 bits per heavy atom. The number of hydrogen-bond donors (Lipinski definition) is 2. The van der Waals surface area contributed by atoms with Gasteiger partial charge in [0, 0.05) is 36.4 Å². The SMILES string of the molecule is CCN(CC(=O)Nc1ccc(N2CCOCC2)cc1)C(=O)c1cccc2cn[nH]c12. The van der Waals surface area contributed by atoms with E-state index in [2.05, 4.69) is 20.4 Å². The van der Waals surface area contributed by atoms with Crippen molar-refractivity contribution >= 4 is 34.1 Å². The summed E-state index contributed by atoms with van der Waals surface area (Å²) in [6.45, 7) is 5.44. The van der Waals surface area contributed by atoms with Crippen LogP contribution in [0.5, 0.6) is 0 Å². The highest BCUT2D eigenvalue weighted by Crippen LogP contribution is 2.20. The molecule has 0 saturated carbocycles. The lowest BCUT2D eigenvalue weighted by atomic mass is 10.1. The lowest BCUT2D eigenvalue weighted by molar-refractivity contribution is -0.116. The Morgan fingerprint density at radius 3 is 2.67 bits per heavy atom. The summed E-state index contributed by atoms with van der Waals surface area (Å²) < 4.78 is 5.38. The van der Waals surface area contributed by atoms with Crippen LogP contribution in [0.15, 0.2) is 48.7 Å². The number of carbonyl (C=O) groups is 2. The fourth-order valence-electron chi connectivity index (χ4n) is 3.60. The molecule has 1 saturated heterocycles. The van der Waals surface area contributed by atoms with E-state index in [-0.39, 0.29) is 18.4 Å². The minimum absolute atomic E-state index is 0.0227. The van der Waals surface area contributed by atoms with Gasteiger partial charge in [0.1, 0.15) is 6.54 Å². The second kappa shape index (κ2) is 8.96. The number of benzene rings is 2. The highest BCUT2D eigenvalue weighted by Gasteiger charge is 2.20. The molecule has 1 aliphatic rings. The van der Waals surface area contributed by atoms with E-state index in [9.17, 15) is 9.59 Å². The van der Waals surface area contributed by atoms with Crippen LogP contribution in [0.25, 0.3) is 10.9 Å². The van der Waals surface area contributed by atoms with Gasteiger partial charge in [0.15, 0.2) is 0 Å². The van der Waals surface area contributed by atoms with E-state index in [4.69, 9.17) is 4.74 Å². The van der Waals surface area contributed by atoms with E-state index in [1.54, 1.807) is 12.3 Å². The molecule has 0 unspecified atom stereocenters. The molecule has 30 heavy (non-hydrogen) atoms. The van der Waals surface area contributed by atoms with E-state index < -0.39 is 0 Å². The summed E-state index contributed by atoms with van der Waals surface area (Å²) in [4.78, 5) is 29.3. The Kier molecular flexibility index (Phi) is 5.94. The van der Waals surface area contributed by atoms with Crippen LogP contribution in [-0.2, 0) is 9.53 Å². The first kappa shape index (κ1) is 19.9. The number of carbonyl (C=O) groups excluding carboxylic acids is 2. The van der Waals surface area contributed by atoms with Gasteiger partial charge in [-0.1, -0.05) is 12.1 Å². The molecule has 2 amide bonds. The first-order chi connectivity index (χ1) is 14.7. The van der Waals surface area contributed by atoms with E-state index >= 15 is 0 Å². The molecule has 0 atom stereocenters. The molecule has 8 heteroatoms. The molecule has 2 heterocycles. The van der Waals surface area contributed by atoms with Gasteiger partial charge >= 0.3 is 0 Å². The fraction of sp³-hybridized carbons (Fsp3) is 0.318. The minimum atomic E-state index is -0.235. The molecule has 0 aliphatic carbocycles. The van der Waals surface area contributed by atoms with Gasteiger partial charge in [0.25, 0.3) is 5.91 Å². The maximum Gasteiger partial charge on any atom is 0.256 e. The van der Waals surface area contributed by atoms with Gasteiger partial charge in [-0.25, -0.2) is 0 Å². The number of amides is 2. The maximum absolute atomic E-state index is 13.0. The quantitative estimate of drug-likeness (QED) is 0.655. The first-order valence-corrected chi connectivity index (χ1v) is 10.1. The van der Waals surface area contributed by atoms with Crippen LogP contribution in [0, 0.1) is 0 Å². The molecule has 1 aromatic heterocycles. The summed E-state index contributed by atoms with van der Waals surface area (Å²) in [5.74, 6) is -0.439. The number of hydrogen-bond acceptors (Lipinski definition) is 5. The van der Waals surface area contributed by atoms with Crippen molar-refractivity contribution in [2.24, 2.45) is 0 Å². The van der Waals surface area contributed by atoms with Crippen LogP contribution >= 0.6 is 0 Å². The standard InChI is InChI=1S/C22H25N5O3/c1-2-26(22(29)19-5-3-4-16-14-23-25-21(16)19)15-20(28)24-17-6-8-18(9-7-17)27-10-12-30-13-11-27/h3-9,14H,2,10-13,15H2,1H3,(H,23,25)(H,24,28). The third kappa shape index (κ3) is 4.28. The van der Waals surface area contributed by atoms with Crippen LogP contribution in [0.4, 0.5) is 11.4 Å². The molecule has 2 aromatic carbocycles. The number of morpholine rings is 1. The lowest BCUT2D eigenvalue weighted by Crippen LogP contribution is -2.38. The topological polar surface area (TPSA) is 90.6 Å². The van der Waals surface area contributed by atoms with E-state index in [0.717, 1.165) is 37.4 Å². The number of H-pyrrole nitrogens is 1. The summed E-state index contributed by atoms with van der Waals surface area (Å²) >= 11 is 0. The molecule has 1 aliphatic heterocycles. The van der Waals surface area contributed by atoms with Gasteiger partial charge in [-0.2, -0.15) is 5.10 Å². The molecule has 3 aromatic rings. The van der Waals surface area contributed by atoms with Crippen molar-refractivity contribution in [2.45, 2.75) is 6.92 Å². The Hall–Kier alpha value is -3.39. The van der Waals surface area contributed by atoms with E-state index in [1.165, 1.54) is 4.90 Å². The molecule has 2 N–H and O–H groups in total. The van der Waals surface area contributed by atoms with Crippen LogP contribution in [0.3, 0.4) is 0 Å². The lowest BCUT2D eigenvalue weighted by Gasteiger charge is -2.29. The van der Waals surface area contributed by atoms with Gasteiger partial charge in [0.2, 0.25) is 5.91 Å². The van der Waals surface area contributed by atoms with Crippen molar-refractivity contribution in [3.05, 3.63) is 54.2 Å². The number of anilines is 2. The predicted molar refractivity (Wildman–Crippen MR) is 116 cm³/mol. The second-order valence-corrected chi connectivity index (χ2v) is 7.15. The zero-order chi connectivity index (χ0) is 20.9. The zero-order valence-electron chi connectivity index (χ0n) is 16.9. The smallest absolute Gasteiger partial charge is 0.256 e. The van der Waals surface area contributed by atoms with Crippen molar-refractivity contribution in [3.63, 3.8) is 0 Å². The molecule has 0 bridgehead atoms. The number of fused-ring (bicyclic) bond motifs is 1. The van der Waals surface area contributed by atoms with Crippen molar-refractivity contribution in [2.75, 3.05) is 49.6 Å². The monoisotopic (exact) mass is 407 g/mol. The predicted octanol–water partition coefficient (Wildman–Crippen LogP) is 2.50. The number of aromatic amines is 1. The van der Waals surface area contributed by atoms with Crippen LogP contribution < -0.4 is 10.2 Å². The molecular weight excluding hydrogens is 382 g/mol. The molecule has 0 radical (unpaired) electrons. The number of para-hydroxylation sites is 1. The van der Waals surface area contributed by atoms with E-state index in [0.29, 0.717) is 23.3 Å². The highest BCUT2D eigenvalue weighted by molar-refractivity contribution is 6.07. The van der Waals surface area contributed by atoms with Gasteiger partial charge in [-0.05, 0) is 37.3 Å². The van der Waals surface area contributed by atoms with Crippen molar-refractivity contribution < 1.29 is 14.3 Å². The van der Waals surface area contributed by atoms with Gasteiger partial charge in [-0.15, -0.1) is 0 Å². The molecule has 0 spiro atoms. The molecule has 8 nitrogen and oxygen atoms in total. The van der Waals surface area contributed by atoms with E-state index in [1.807, 2.05) is 43.3 Å². The highest BCUT2D eigenvalue weighted by atomic mass is 16.5. The summed E-state index contributed by atoms with van der Waals surface area (Å²) in [7, 11) is 0. The van der Waals surface area contributed by atoms with Crippen LogP contribution in [0.1, 0.15) is 17.3 Å². The number of ether oxygens (including phenoxy) is 1. The summed E-state index contributed by atoms with van der Waals surface area (Å²) in [6.07, 6.45) is 1.68. The number of likely N-dealkylation sites (N-methyl/N-ethyl adjacent to an activating group) is 1. The minimum Gasteiger partial charge on any atom is -0.378 e. The number of nitrogens with zero attached hydrogens (tertiary/aromatic N) is 3. The van der Waals surface area contributed by atoms with Gasteiger partial charge in [0.05, 0.1) is 30.5 Å². The van der Waals surface area contributed by atoms with Crippen LogP contribution in [-0.4, -0.2) is 66.3 Å². The summed E-state index contributed by atoms with van der Waals surface area (Å²) in [6, 6.07) is 13.2. The molecular formula is C22H25N5O3. The Bertz CT molecular complexity index is 1020. The fourth-order valence-corrected chi connectivity index (χ4v) is 3.60. The number of nitrogens with one attached hydrogen (secondary N) is 2. The van der Waals surface area contributed by atoms with Crippen molar-refractivity contribution in [3.8, 4) is 0 Å². The number of rotatable bonds is 6. The normalized spacial score (nSPS) is 14.0. The summed E-state index contributed by atoms with van der Waals surface area (Å²) in [5.41, 5.74) is 3.00. The third-order valence-electron chi connectivity index (χ3n) is 5.24. The number of aromatic nitrogens is 2. The summed E-state index contributed by atoms with van der Waals surface area (Å²) in [5, 5.41) is 10.6. The zero-order valence-corrected chi connectivity index (χ0v) is 16.9. The molecule has 1 fully saturated rings. The maximum atomic E-state index is 13.0. The first-order valence-electron chi connectivity index (χ1n) is 10.1. The molecule has 4 rings (SSSR count). The average Bonchev–Trinajstić information content (AvgIpc) is 3.27. The second-order valence-electron chi connectivity index (χ2n) is 7.15.